The molecule has 0 heterocycles. The van der Waals surface area contributed by atoms with Crippen LogP contribution in [0, 0.1) is 11.3 Å². The smallest absolute Gasteiger partial charge is 0.455 e. The minimum absolute atomic E-state index is 0.0867. The van der Waals surface area contributed by atoms with Crippen molar-refractivity contribution in [3.8, 4) is 6.07 Å². The van der Waals surface area contributed by atoms with Gasteiger partial charge in [-0.05, 0) is 24.6 Å². The predicted octanol–water partition coefficient (Wildman–Crippen LogP) is 2.98. The van der Waals surface area contributed by atoms with Crippen molar-refractivity contribution in [1.82, 2.24) is 0 Å². The summed E-state index contributed by atoms with van der Waals surface area (Å²) in [7, 11) is 0. The third kappa shape index (κ3) is 2.88. The van der Waals surface area contributed by atoms with Crippen LogP contribution in [0.2, 0.25) is 0 Å². The Balaban J connectivity index is 3.28. The molecule has 3 nitrogen and oxygen atoms in total. The molecule has 0 aliphatic carbocycles. The number of alkyl halides is 3. The minimum atomic E-state index is -5.06. The van der Waals surface area contributed by atoms with Crippen LogP contribution in [0.15, 0.2) is 30.0 Å². The highest BCUT2D eigenvalue weighted by molar-refractivity contribution is 6.23. The molecule has 0 fully saturated rings. The van der Waals surface area contributed by atoms with Crippen LogP contribution in [0.5, 0.6) is 0 Å². The van der Waals surface area contributed by atoms with Crippen LogP contribution in [0.3, 0.4) is 0 Å². The Hall–Kier alpha value is -2.29. The van der Waals surface area contributed by atoms with Gasteiger partial charge in [-0.1, -0.05) is 12.1 Å². The Morgan fingerprint density at radius 3 is 2.11 bits per heavy atom. The number of aliphatic hydroxyl groups excluding tert-OH is 1. The molecular formula is C12H8F3NO2. The van der Waals surface area contributed by atoms with E-state index in [0.29, 0.717) is 0 Å². The van der Waals surface area contributed by atoms with E-state index in [-0.39, 0.29) is 11.1 Å². The van der Waals surface area contributed by atoms with E-state index in [9.17, 15) is 23.1 Å². The Morgan fingerprint density at radius 1 is 1.28 bits per heavy atom. The first-order valence-corrected chi connectivity index (χ1v) is 4.79. The van der Waals surface area contributed by atoms with Gasteiger partial charge in [0, 0.05) is 0 Å². The number of hydrogen-bond acceptors (Lipinski definition) is 3. The highest BCUT2D eigenvalue weighted by Crippen LogP contribution is 2.28. The number of Topliss-reactive ketones (excluding diaryl/α,β-unsaturated/α-hetero) is 1. The number of rotatable bonds is 2. The fourth-order valence-corrected chi connectivity index (χ4v) is 1.36. The van der Waals surface area contributed by atoms with Crippen LogP contribution in [-0.4, -0.2) is 17.1 Å². The Labute approximate surface area is 101 Å². The lowest BCUT2D eigenvalue weighted by molar-refractivity contribution is -0.164. The molecule has 6 heteroatoms. The maximum atomic E-state index is 12.3. The van der Waals surface area contributed by atoms with Crippen molar-refractivity contribution in [2.45, 2.75) is 13.1 Å². The molecule has 0 amide bonds. The van der Waals surface area contributed by atoms with Crippen molar-refractivity contribution in [3.05, 3.63) is 41.2 Å². The fraction of sp³-hybridized carbons (Fsp3) is 0.167. The average Bonchev–Trinajstić information content (AvgIpc) is 2.28. The molecule has 1 aromatic rings. The fourth-order valence-electron chi connectivity index (χ4n) is 1.36. The number of benzene rings is 1. The topological polar surface area (TPSA) is 61.1 Å². The van der Waals surface area contributed by atoms with Gasteiger partial charge in [0.1, 0.15) is 5.76 Å². The van der Waals surface area contributed by atoms with Gasteiger partial charge in [-0.15, -0.1) is 0 Å². The molecule has 0 atom stereocenters. The van der Waals surface area contributed by atoms with Crippen molar-refractivity contribution in [1.29, 1.82) is 5.26 Å². The molecule has 0 aliphatic heterocycles. The maximum Gasteiger partial charge on any atom is 0.455 e. The van der Waals surface area contributed by atoms with E-state index in [1.165, 1.54) is 24.3 Å². The first-order chi connectivity index (χ1) is 8.27. The van der Waals surface area contributed by atoms with Crippen molar-refractivity contribution < 1.29 is 23.1 Å². The van der Waals surface area contributed by atoms with Crippen LogP contribution in [0.25, 0.3) is 5.57 Å². The largest absolute Gasteiger partial charge is 0.512 e. The lowest BCUT2D eigenvalue weighted by Crippen LogP contribution is -2.24. The number of nitrogens with zero attached hydrogens (tertiary/aromatic N) is 1. The van der Waals surface area contributed by atoms with Crippen LogP contribution in [-0.2, 0) is 4.79 Å². The average molecular weight is 255 g/mol. The lowest BCUT2D eigenvalue weighted by atomic mass is 9.99. The SMILES string of the molecule is C/C(O)=C(\C(=O)C(F)(F)F)c1ccc(C#N)cc1. The highest BCUT2D eigenvalue weighted by atomic mass is 19.4. The van der Waals surface area contributed by atoms with Crippen molar-refractivity contribution in [2.75, 3.05) is 0 Å². The van der Waals surface area contributed by atoms with Gasteiger partial charge in [0.25, 0.3) is 5.78 Å². The molecule has 0 unspecified atom stereocenters. The summed E-state index contributed by atoms with van der Waals surface area (Å²) in [5.41, 5.74) is -0.656. The molecule has 0 bridgehead atoms. The van der Waals surface area contributed by atoms with Crippen LogP contribution in [0.4, 0.5) is 13.2 Å². The summed E-state index contributed by atoms with van der Waals surface area (Å²) in [5.74, 6) is -2.84. The summed E-state index contributed by atoms with van der Waals surface area (Å²) in [6, 6.07) is 6.68. The second-order valence-electron chi connectivity index (χ2n) is 3.48. The number of hydrogen-bond donors (Lipinski definition) is 1. The van der Waals surface area contributed by atoms with Gasteiger partial charge in [0.05, 0.1) is 17.2 Å². The monoisotopic (exact) mass is 255 g/mol. The quantitative estimate of drug-likeness (QED) is 0.652. The van der Waals surface area contributed by atoms with Crippen LogP contribution >= 0.6 is 0 Å². The van der Waals surface area contributed by atoms with E-state index in [4.69, 9.17) is 5.26 Å². The van der Waals surface area contributed by atoms with Crippen molar-refractivity contribution in [2.24, 2.45) is 0 Å². The second kappa shape index (κ2) is 4.92. The molecule has 94 valence electrons. The summed E-state index contributed by atoms with van der Waals surface area (Å²) in [4.78, 5) is 11.2. The summed E-state index contributed by atoms with van der Waals surface area (Å²) in [6.07, 6.45) is -5.06. The first-order valence-electron chi connectivity index (χ1n) is 4.79. The molecule has 0 saturated heterocycles. The number of nitriles is 1. The van der Waals surface area contributed by atoms with Gasteiger partial charge < -0.3 is 5.11 Å². The van der Waals surface area contributed by atoms with Gasteiger partial charge >= 0.3 is 6.18 Å². The number of allylic oxidation sites excluding steroid dienone is 2. The Bertz CT molecular complexity index is 532. The summed E-state index contributed by atoms with van der Waals surface area (Å²) >= 11 is 0. The maximum absolute atomic E-state index is 12.3. The molecule has 0 saturated carbocycles. The highest BCUT2D eigenvalue weighted by Gasteiger charge is 2.42. The van der Waals surface area contributed by atoms with E-state index < -0.39 is 23.3 Å². The van der Waals surface area contributed by atoms with Crippen molar-refractivity contribution in [3.63, 3.8) is 0 Å². The van der Waals surface area contributed by atoms with E-state index >= 15 is 0 Å². The van der Waals surface area contributed by atoms with Gasteiger partial charge in [-0.25, -0.2) is 0 Å². The number of carbonyl (C=O) groups excluding carboxylic acids is 1. The normalized spacial score (nSPS) is 12.6. The standard InChI is InChI=1S/C12H8F3NO2/c1-7(17)10(11(18)12(13,14)15)9-4-2-8(6-16)3-5-9/h2-5,17H,1H3/b10-7+. The molecule has 1 N–H and O–H groups in total. The summed E-state index contributed by atoms with van der Waals surface area (Å²) < 4.78 is 37.0. The van der Waals surface area contributed by atoms with E-state index in [2.05, 4.69) is 0 Å². The molecule has 0 radical (unpaired) electrons. The van der Waals surface area contributed by atoms with Gasteiger partial charge in [-0.3, -0.25) is 4.79 Å². The molecule has 0 aliphatic rings. The second-order valence-corrected chi connectivity index (χ2v) is 3.48. The third-order valence-electron chi connectivity index (χ3n) is 2.15. The third-order valence-corrected chi connectivity index (χ3v) is 2.15. The molecule has 18 heavy (non-hydrogen) atoms. The molecular weight excluding hydrogens is 247 g/mol. The van der Waals surface area contributed by atoms with Crippen LogP contribution in [0.1, 0.15) is 18.1 Å². The molecule has 1 aromatic carbocycles. The first kappa shape index (κ1) is 13.8. The molecule has 0 spiro atoms. The lowest BCUT2D eigenvalue weighted by Gasteiger charge is -2.10. The van der Waals surface area contributed by atoms with Gasteiger partial charge in [0.15, 0.2) is 0 Å². The van der Waals surface area contributed by atoms with E-state index in [0.717, 1.165) is 6.92 Å². The zero-order valence-corrected chi connectivity index (χ0v) is 9.25. The van der Waals surface area contributed by atoms with Gasteiger partial charge in [0.2, 0.25) is 0 Å². The number of halogens is 3. The summed E-state index contributed by atoms with van der Waals surface area (Å²) in [6.45, 7) is 0.997. The molecule has 0 aromatic heterocycles. The minimum Gasteiger partial charge on any atom is -0.512 e. The van der Waals surface area contributed by atoms with E-state index in [1.807, 2.05) is 0 Å². The number of aliphatic hydroxyl groups is 1. The van der Waals surface area contributed by atoms with Gasteiger partial charge in [-0.2, -0.15) is 18.4 Å². The number of ketones is 1. The number of carbonyl (C=O) groups is 1. The molecule has 1 rings (SSSR count). The van der Waals surface area contributed by atoms with Crippen molar-refractivity contribution >= 4 is 11.4 Å². The zero-order chi connectivity index (χ0) is 13.9. The van der Waals surface area contributed by atoms with Crippen LogP contribution < -0.4 is 0 Å². The predicted molar refractivity (Wildman–Crippen MR) is 57.4 cm³/mol. The van der Waals surface area contributed by atoms with E-state index in [1.54, 1.807) is 6.07 Å². The Morgan fingerprint density at radius 2 is 1.78 bits per heavy atom. The zero-order valence-electron chi connectivity index (χ0n) is 9.25. The summed E-state index contributed by atoms with van der Waals surface area (Å²) in [5, 5.41) is 17.8. The Kier molecular flexibility index (Phi) is 3.76.